The number of hydrogen-bond donors (Lipinski definition) is 1. The van der Waals surface area contributed by atoms with Gasteiger partial charge in [0.1, 0.15) is 0 Å². The van der Waals surface area contributed by atoms with Crippen molar-refractivity contribution in [2.75, 3.05) is 57.4 Å². The van der Waals surface area contributed by atoms with Gasteiger partial charge in [0.15, 0.2) is 0 Å². The third kappa shape index (κ3) is 5.22. The van der Waals surface area contributed by atoms with Crippen molar-refractivity contribution in [1.82, 2.24) is 20.2 Å². The Bertz CT molecular complexity index is 388. The standard InChI is InChI=1S/C15H27N5O/c1-3-19(4-2)6-5-16-11-14-12-17-15(18-13-14)20-7-9-21-10-8-20/h12-13,16H,3-11H2,1-2H3. The van der Waals surface area contributed by atoms with Gasteiger partial charge in [-0.25, -0.2) is 9.97 Å². The Morgan fingerprint density at radius 1 is 1.19 bits per heavy atom. The van der Waals surface area contributed by atoms with E-state index in [4.69, 9.17) is 4.74 Å². The molecule has 0 bridgehead atoms. The van der Waals surface area contributed by atoms with E-state index in [-0.39, 0.29) is 0 Å². The minimum absolute atomic E-state index is 0.762. The monoisotopic (exact) mass is 293 g/mol. The van der Waals surface area contributed by atoms with E-state index >= 15 is 0 Å². The molecule has 1 N–H and O–H groups in total. The highest BCUT2D eigenvalue weighted by molar-refractivity contribution is 5.30. The molecule has 6 nitrogen and oxygen atoms in total. The van der Waals surface area contributed by atoms with Crippen LogP contribution in [0.5, 0.6) is 0 Å². The third-order valence-electron chi connectivity index (χ3n) is 3.81. The fourth-order valence-electron chi connectivity index (χ4n) is 2.38. The molecule has 0 unspecified atom stereocenters. The molecule has 0 radical (unpaired) electrons. The molecule has 21 heavy (non-hydrogen) atoms. The van der Waals surface area contributed by atoms with Crippen LogP contribution in [-0.2, 0) is 11.3 Å². The van der Waals surface area contributed by atoms with Crippen molar-refractivity contribution in [3.63, 3.8) is 0 Å². The zero-order valence-electron chi connectivity index (χ0n) is 13.2. The Labute approximate surface area is 127 Å². The number of likely N-dealkylation sites (N-methyl/N-ethyl adjacent to an activating group) is 1. The van der Waals surface area contributed by atoms with Crippen LogP contribution in [0.25, 0.3) is 0 Å². The van der Waals surface area contributed by atoms with Gasteiger partial charge < -0.3 is 19.9 Å². The van der Waals surface area contributed by atoms with Crippen molar-refractivity contribution in [1.29, 1.82) is 0 Å². The number of anilines is 1. The highest BCUT2D eigenvalue weighted by atomic mass is 16.5. The SMILES string of the molecule is CCN(CC)CCNCc1cnc(N2CCOCC2)nc1. The van der Waals surface area contributed by atoms with Crippen molar-refractivity contribution >= 4 is 5.95 Å². The van der Waals surface area contributed by atoms with Crippen LogP contribution in [0, 0.1) is 0 Å². The number of aromatic nitrogens is 2. The molecular weight excluding hydrogens is 266 g/mol. The lowest BCUT2D eigenvalue weighted by atomic mass is 10.3. The summed E-state index contributed by atoms with van der Waals surface area (Å²) in [5, 5.41) is 3.44. The van der Waals surface area contributed by atoms with Crippen LogP contribution in [-0.4, -0.2) is 67.4 Å². The largest absolute Gasteiger partial charge is 0.378 e. The maximum Gasteiger partial charge on any atom is 0.225 e. The smallest absolute Gasteiger partial charge is 0.225 e. The number of rotatable bonds is 8. The van der Waals surface area contributed by atoms with Crippen molar-refractivity contribution in [2.45, 2.75) is 20.4 Å². The summed E-state index contributed by atoms with van der Waals surface area (Å²) in [6.45, 7) is 12.8. The molecule has 0 spiro atoms. The fraction of sp³-hybridized carbons (Fsp3) is 0.733. The van der Waals surface area contributed by atoms with E-state index in [1.165, 1.54) is 0 Å². The first-order valence-corrected chi connectivity index (χ1v) is 7.90. The first-order valence-electron chi connectivity index (χ1n) is 7.90. The van der Waals surface area contributed by atoms with E-state index in [0.717, 1.165) is 70.5 Å². The minimum Gasteiger partial charge on any atom is -0.378 e. The van der Waals surface area contributed by atoms with E-state index in [0.29, 0.717) is 0 Å². The van der Waals surface area contributed by atoms with Crippen LogP contribution >= 0.6 is 0 Å². The van der Waals surface area contributed by atoms with Crippen LogP contribution in [0.2, 0.25) is 0 Å². The molecule has 0 amide bonds. The second kappa shape index (κ2) is 8.92. The molecule has 2 rings (SSSR count). The van der Waals surface area contributed by atoms with Gasteiger partial charge in [-0.2, -0.15) is 0 Å². The molecule has 1 saturated heterocycles. The van der Waals surface area contributed by atoms with Crippen LogP contribution in [0.1, 0.15) is 19.4 Å². The predicted octanol–water partition coefficient (Wildman–Crippen LogP) is 0.745. The summed E-state index contributed by atoms with van der Waals surface area (Å²) in [4.78, 5) is 13.5. The normalized spacial score (nSPS) is 15.7. The van der Waals surface area contributed by atoms with E-state index in [1.54, 1.807) is 0 Å². The third-order valence-corrected chi connectivity index (χ3v) is 3.81. The van der Waals surface area contributed by atoms with Gasteiger partial charge in [-0.15, -0.1) is 0 Å². The number of morpholine rings is 1. The lowest BCUT2D eigenvalue weighted by Crippen LogP contribution is -2.37. The summed E-state index contributed by atoms with van der Waals surface area (Å²) in [5.41, 5.74) is 1.13. The Morgan fingerprint density at radius 3 is 2.48 bits per heavy atom. The molecule has 118 valence electrons. The molecule has 0 aromatic carbocycles. The number of ether oxygens (including phenoxy) is 1. The van der Waals surface area contributed by atoms with E-state index in [1.807, 2.05) is 12.4 Å². The minimum atomic E-state index is 0.762. The molecule has 1 aliphatic rings. The maximum atomic E-state index is 5.34. The summed E-state index contributed by atoms with van der Waals surface area (Å²) in [6, 6.07) is 0. The molecular formula is C15H27N5O. The van der Waals surface area contributed by atoms with Gasteiger partial charge in [0.25, 0.3) is 0 Å². The van der Waals surface area contributed by atoms with Gasteiger partial charge in [0.05, 0.1) is 13.2 Å². The van der Waals surface area contributed by atoms with Crippen LogP contribution in [0.4, 0.5) is 5.95 Å². The summed E-state index contributed by atoms with van der Waals surface area (Å²) in [5.74, 6) is 0.810. The van der Waals surface area contributed by atoms with E-state index in [9.17, 15) is 0 Å². The van der Waals surface area contributed by atoms with Crippen molar-refractivity contribution in [3.05, 3.63) is 18.0 Å². The van der Waals surface area contributed by atoms with E-state index in [2.05, 4.69) is 38.9 Å². The highest BCUT2D eigenvalue weighted by Crippen LogP contribution is 2.09. The van der Waals surface area contributed by atoms with Gasteiger partial charge in [0.2, 0.25) is 5.95 Å². The Hall–Kier alpha value is -1.24. The van der Waals surface area contributed by atoms with Crippen molar-refractivity contribution in [3.8, 4) is 0 Å². The second-order valence-corrected chi connectivity index (χ2v) is 5.19. The molecule has 6 heteroatoms. The lowest BCUT2D eigenvalue weighted by molar-refractivity contribution is 0.122. The summed E-state index contributed by atoms with van der Waals surface area (Å²) in [7, 11) is 0. The van der Waals surface area contributed by atoms with Crippen molar-refractivity contribution < 1.29 is 4.74 Å². The Kier molecular flexibility index (Phi) is 6.85. The molecule has 1 fully saturated rings. The lowest BCUT2D eigenvalue weighted by Gasteiger charge is -2.26. The molecule has 1 aromatic heterocycles. The second-order valence-electron chi connectivity index (χ2n) is 5.19. The number of nitrogens with zero attached hydrogens (tertiary/aromatic N) is 4. The average molecular weight is 293 g/mol. The maximum absolute atomic E-state index is 5.34. The highest BCUT2D eigenvalue weighted by Gasteiger charge is 2.13. The van der Waals surface area contributed by atoms with Gasteiger partial charge in [-0.3, -0.25) is 0 Å². The van der Waals surface area contributed by atoms with Gasteiger partial charge in [-0.05, 0) is 13.1 Å². The zero-order chi connectivity index (χ0) is 14.9. The predicted molar refractivity (Wildman–Crippen MR) is 84.6 cm³/mol. The first-order chi connectivity index (χ1) is 10.3. The van der Waals surface area contributed by atoms with E-state index < -0.39 is 0 Å². The van der Waals surface area contributed by atoms with Crippen molar-refractivity contribution in [2.24, 2.45) is 0 Å². The van der Waals surface area contributed by atoms with Crippen LogP contribution in [0.3, 0.4) is 0 Å². The quantitative estimate of drug-likeness (QED) is 0.714. The van der Waals surface area contributed by atoms with Gasteiger partial charge >= 0.3 is 0 Å². The molecule has 0 saturated carbocycles. The average Bonchev–Trinajstić information content (AvgIpc) is 2.56. The zero-order valence-corrected chi connectivity index (χ0v) is 13.2. The molecule has 1 aromatic rings. The first kappa shape index (κ1) is 16.1. The fourth-order valence-corrected chi connectivity index (χ4v) is 2.38. The summed E-state index contributed by atoms with van der Waals surface area (Å²) in [6.07, 6.45) is 3.84. The molecule has 1 aliphatic heterocycles. The number of nitrogens with one attached hydrogen (secondary N) is 1. The topological polar surface area (TPSA) is 53.5 Å². The van der Waals surface area contributed by atoms with Crippen LogP contribution in [0.15, 0.2) is 12.4 Å². The van der Waals surface area contributed by atoms with Crippen LogP contribution < -0.4 is 10.2 Å². The Balaban J connectivity index is 1.72. The molecule has 2 heterocycles. The molecule has 0 atom stereocenters. The summed E-state index contributed by atoms with van der Waals surface area (Å²) < 4.78 is 5.34. The van der Waals surface area contributed by atoms with Gasteiger partial charge in [0, 0.05) is 50.7 Å². The number of hydrogen-bond acceptors (Lipinski definition) is 6. The Morgan fingerprint density at radius 2 is 1.86 bits per heavy atom. The summed E-state index contributed by atoms with van der Waals surface area (Å²) >= 11 is 0. The van der Waals surface area contributed by atoms with Gasteiger partial charge in [-0.1, -0.05) is 13.8 Å². The molecule has 0 aliphatic carbocycles.